The number of hydrogen-bond donors (Lipinski definition) is 0. The summed E-state index contributed by atoms with van der Waals surface area (Å²) in [6.07, 6.45) is -8.67. The van der Waals surface area contributed by atoms with Gasteiger partial charge in [0.15, 0.2) is 0 Å². The van der Waals surface area contributed by atoms with E-state index in [4.69, 9.17) is 26.2 Å². The number of aromatic nitrogens is 4. The Labute approximate surface area is 569 Å². The third-order valence-corrected chi connectivity index (χ3v) is 20.2. The summed E-state index contributed by atoms with van der Waals surface area (Å²) in [7, 11) is 0. The van der Waals surface area contributed by atoms with Gasteiger partial charge in [0.05, 0.1) is 24.9 Å². The Morgan fingerprint density at radius 1 is 0.553 bits per heavy atom. The van der Waals surface area contributed by atoms with Crippen LogP contribution >= 0.6 is 0 Å². The molecule has 0 radical (unpaired) electrons. The molecule has 9 fully saturated rings. The van der Waals surface area contributed by atoms with Gasteiger partial charge in [-0.1, -0.05) is 145 Å². The first-order chi connectivity index (χ1) is 56.0. The minimum Gasteiger partial charge on any atom is -0.510 e. The zero-order valence-corrected chi connectivity index (χ0v) is 47.7. The summed E-state index contributed by atoms with van der Waals surface area (Å²) in [5, 5.41) is 1.69. The van der Waals surface area contributed by atoms with Gasteiger partial charge in [0.2, 0.25) is 0 Å². The Morgan fingerprint density at radius 3 is 1.72 bits per heavy atom. The molecule has 9 saturated carbocycles. The second-order valence-corrected chi connectivity index (χ2v) is 25.5. The predicted octanol–water partition coefficient (Wildman–Crippen LogP) is 18.8. The molecule has 6 heteroatoms. The molecule has 0 unspecified atom stereocenters. The van der Waals surface area contributed by atoms with Gasteiger partial charge in [-0.25, -0.2) is 4.98 Å². The number of para-hydroxylation sites is 2. The van der Waals surface area contributed by atoms with Crippen LogP contribution in [-0.2, 0) is 59.0 Å². The van der Waals surface area contributed by atoms with Crippen LogP contribution in [0.15, 0.2) is 140 Å². The Bertz CT molecular complexity index is 5930. The van der Waals surface area contributed by atoms with Crippen molar-refractivity contribution in [3.63, 3.8) is 0 Å². The summed E-state index contributed by atoms with van der Waals surface area (Å²) >= 11 is 0. The molecule has 21 rings (SSSR count). The van der Waals surface area contributed by atoms with Crippen molar-refractivity contribution in [1.29, 1.82) is 0 Å². The molecule has 0 aliphatic heterocycles. The van der Waals surface area contributed by atoms with Crippen molar-refractivity contribution < 1.29 is 82.5 Å². The van der Waals surface area contributed by atoms with E-state index in [1.807, 2.05) is 41.0 Å². The van der Waals surface area contributed by atoms with E-state index in [2.05, 4.69) is 24.5 Å². The summed E-state index contributed by atoms with van der Waals surface area (Å²) < 4.78 is 374. The Kier molecular flexibility index (Phi) is 5.55. The monoisotopic (exact) mass is 1330 g/mol. The van der Waals surface area contributed by atoms with Gasteiger partial charge in [0, 0.05) is 88.1 Å². The quantitative estimate of drug-likeness (QED) is 0.101. The number of fused-ring (bicyclic) bond motifs is 6. The van der Waals surface area contributed by atoms with Crippen LogP contribution in [0.2, 0.25) is 0 Å². The first kappa shape index (κ1) is 26.8. The molecule has 0 spiro atoms. The number of pyridine rings is 1. The number of rotatable bonds is 10. The van der Waals surface area contributed by atoms with Crippen LogP contribution in [-0.4, -0.2) is 14.1 Å². The summed E-state index contributed by atoms with van der Waals surface area (Å²) in [6, 6.07) is 24.4. The van der Waals surface area contributed by atoms with Crippen LogP contribution < -0.4 is 9.30 Å². The fourth-order valence-corrected chi connectivity index (χ4v) is 15.6. The zero-order valence-electron chi connectivity index (χ0n) is 83.4. The van der Waals surface area contributed by atoms with Gasteiger partial charge in [-0.3, -0.25) is 4.57 Å². The molecule has 85 heavy (non-hydrogen) atoms. The minimum atomic E-state index is -4.85. The van der Waals surface area contributed by atoms with Crippen LogP contribution in [0.4, 0.5) is 0 Å². The number of imidazole rings is 1. The van der Waals surface area contributed by atoms with E-state index in [0.29, 0.717) is 42.1 Å². The zero-order chi connectivity index (χ0) is 89.1. The van der Waals surface area contributed by atoms with Gasteiger partial charge in [0.1, 0.15) is 5.82 Å². The van der Waals surface area contributed by atoms with Crippen LogP contribution in [0.5, 0.6) is 11.5 Å². The molecule has 10 aromatic rings. The van der Waals surface area contributed by atoms with Crippen molar-refractivity contribution >= 4 is 32.8 Å². The smallest absolute Gasteiger partial charge is 0.268 e. The average molecular weight is 1330 g/mol. The first-order valence-electron chi connectivity index (χ1n) is 47.6. The maximum absolute atomic E-state index is 10.9. The van der Waals surface area contributed by atoms with Crippen molar-refractivity contribution in [3.8, 4) is 50.9 Å². The van der Waals surface area contributed by atoms with Crippen LogP contribution in [0.1, 0.15) is 229 Å². The molecule has 11 aliphatic carbocycles. The van der Waals surface area contributed by atoms with E-state index in [-0.39, 0.29) is 91.4 Å². The molecule has 3 aromatic heterocycles. The third-order valence-electron chi connectivity index (χ3n) is 20.2. The van der Waals surface area contributed by atoms with Crippen molar-refractivity contribution in [3.05, 3.63) is 197 Å². The first-order valence-corrected chi connectivity index (χ1v) is 28.6. The number of ether oxygens (including phenoxy) is 1. The maximum atomic E-state index is 10.9. The van der Waals surface area contributed by atoms with Crippen molar-refractivity contribution in [2.45, 2.75) is 176 Å². The summed E-state index contributed by atoms with van der Waals surface area (Å²) in [6.45, 7) is -36.4. The number of hydrogen-bond acceptors (Lipinski definition) is 2. The Balaban J connectivity index is 0.0000107. The van der Waals surface area contributed by atoms with Crippen LogP contribution in [0.3, 0.4) is 0 Å². The van der Waals surface area contributed by atoms with Gasteiger partial charge in [-0.15, -0.1) is 29.7 Å². The molecule has 7 aromatic carbocycles. The van der Waals surface area contributed by atoms with Crippen molar-refractivity contribution in [2.75, 3.05) is 0 Å². The van der Waals surface area contributed by atoms with Gasteiger partial charge in [-0.2, -0.15) is 18.2 Å². The summed E-state index contributed by atoms with van der Waals surface area (Å²) in [4.78, 5) is 4.87. The van der Waals surface area contributed by atoms with Gasteiger partial charge in [-0.05, 0) is 229 Å². The average Bonchev–Trinajstić information content (AvgIpc) is 0.995. The topological polar surface area (TPSA) is 35.9 Å². The predicted molar refractivity (Wildman–Crippen MR) is 338 cm³/mol. The van der Waals surface area contributed by atoms with E-state index >= 15 is 0 Å². The van der Waals surface area contributed by atoms with Crippen molar-refractivity contribution in [1.82, 2.24) is 14.1 Å². The molecule has 0 amide bonds. The van der Waals surface area contributed by atoms with E-state index < -0.39 is 199 Å². The summed E-state index contributed by atoms with van der Waals surface area (Å²) in [5.41, 5.74) is -29.5. The molecule has 0 N–H and O–H groups in total. The fraction of sp³-hybridized carbons (Fsp3) is 0.392. The SMILES string of the molecule is [2H]c1c([2H])c2c(c([2H])c1-c1cc(C34CC(C3)C4)cc(-c3c([2H])c([2H])c4c(c3[2H])C(C([2H])([2H])[2H])(C([2H])([2H])[2H])C([2H])([2H])C([2H])([2H])C4(C([2H])([2H])[2H])C([2H])([2H])[2H])c1-[n+]1[c-]n(-c3[c-]c(Oc4[c-]c5c(cc4)c4ccccc4n5-c4cc(C56CC(C5)C6)ccn4)ccc3)c3cccc(C45CC(C4)C5)c31)C(C([2H])([2H])[2H])(C([2H])([2H])[2H])C([2H])([2H])C([2H])([2H])C2(C([2H])([2H])[2H])C([2H])([2H])[2H].[Pt]. The van der Waals surface area contributed by atoms with E-state index in [9.17, 15) is 35.6 Å². The molecular formula is C79H76N4OPt-2. The van der Waals surface area contributed by atoms with Crippen LogP contribution in [0.25, 0.3) is 72.3 Å². The van der Waals surface area contributed by atoms with E-state index in [0.717, 1.165) is 35.6 Å². The van der Waals surface area contributed by atoms with E-state index in [1.165, 1.54) is 26.8 Å². The normalized spacial score (nSPS) is 37.1. The number of nitrogens with zero attached hydrogens (tertiary/aromatic N) is 4. The van der Waals surface area contributed by atoms with Crippen LogP contribution in [0, 0.1) is 36.2 Å². The summed E-state index contributed by atoms with van der Waals surface area (Å²) in [5.74, 6) is 1.62. The molecular weight excluding hydrogens is 1220 g/mol. The molecule has 6 bridgehead atoms. The Hall–Kier alpha value is -6.55. The number of benzene rings is 7. The molecule has 0 atom stereocenters. The third kappa shape index (κ3) is 7.50. The van der Waals surface area contributed by atoms with Gasteiger partial charge >= 0.3 is 0 Å². The molecule has 430 valence electrons. The molecule has 5 nitrogen and oxygen atoms in total. The molecule has 11 aliphatic rings. The van der Waals surface area contributed by atoms with Gasteiger partial charge < -0.3 is 13.9 Å². The second-order valence-electron chi connectivity index (χ2n) is 25.5. The minimum absolute atomic E-state index is 0. The van der Waals surface area contributed by atoms with Gasteiger partial charge in [0.25, 0.3) is 6.33 Å². The van der Waals surface area contributed by atoms with Crippen molar-refractivity contribution in [2.24, 2.45) is 17.8 Å². The Morgan fingerprint density at radius 2 is 1.12 bits per heavy atom. The van der Waals surface area contributed by atoms with E-state index in [1.54, 1.807) is 48.7 Å². The molecule has 0 saturated heterocycles. The largest absolute Gasteiger partial charge is 0.510 e. The fourth-order valence-electron chi connectivity index (χ4n) is 15.6. The maximum Gasteiger partial charge on any atom is 0.268 e. The second kappa shape index (κ2) is 17.6. The molecule has 3 heterocycles. The standard InChI is InChI=1S/C79H76N4O.Pt/c1-73(2)26-28-75(5,6)65-31-51(19-23-62(65)73)60-33-54(78-41-49(42-78)43-78)34-61(52-20-24-63-66(32-52)76(7,8)29-27-74(63,3)4)71(60)82-47-81(68-18-12-16-64(72(68)82)79-44-50(45-79)46-79)55-13-11-14-56(36-55)84-57-21-22-59-58-15-9-10-17-67(58)83(69(59)37-57)70-35-53(25-30-80-70)77-38-48(39-77)40-77;/h9-25,30-35,48-50H,26-29,38-46H2,1-8H3;/q-2;/i1D3,2D3,3D3,4D3,5D3,6D3,7D3,8D3,19D,20D,23D,24D,26D2,27D2,28D2,29D2,31D,32D;.